The van der Waals surface area contributed by atoms with Crippen LogP contribution < -0.4 is 5.32 Å². The highest BCUT2D eigenvalue weighted by atomic mass is 16.5. The number of Topliss-reactive ketones (excluding diaryl/α,β-unsaturated/α-hetero) is 1. The number of hydrogen-bond acceptors (Lipinski definition) is 5. The van der Waals surface area contributed by atoms with Crippen LogP contribution in [0.3, 0.4) is 0 Å². The van der Waals surface area contributed by atoms with E-state index in [0.29, 0.717) is 11.4 Å². The topological polar surface area (TPSA) is 73.2 Å². The van der Waals surface area contributed by atoms with Gasteiger partial charge in [-0.3, -0.25) is 9.59 Å². The summed E-state index contributed by atoms with van der Waals surface area (Å²) >= 11 is 0. The third-order valence-electron chi connectivity index (χ3n) is 5.94. The number of rotatable bonds is 6. The summed E-state index contributed by atoms with van der Waals surface area (Å²) in [5, 5.41) is 8.04. The maximum absolute atomic E-state index is 13.3. The van der Waals surface area contributed by atoms with Crippen LogP contribution in [-0.2, 0) is 15.1 Å². The van der Waals surface area contributed by atoms with E-state index in [1.165, 1.54) is 7.11 Å². The van der Waals surface area contributed by atoms with Crippen molar-refractivity contribution < 1.29 is 14.3 Å². The maximum atomic E-state index is 13.3. The van der Waals surface area contributed by atoms with Gasteiger partial charge < -0.3 is 10.1 Å². The fourth-order valence-electron chi connectivity index (χ4n) is 4.30. The van der Waals surface area contributed by atoms with Gasteiger partial charge >= 0.3 is 5.97 Å². The molecule has 0 amide bonds. The highest BCUT2D eigenvalue weighted by molar-refractivity contribution is 6.03. The number of benzene rings is 2. The van der Waals surface area contributed by atoms with Crippen LogP contribution in [0.15, 0.2) is 66.9 Å². The van der Waals surface area contributed by atoms with Crippen molar-refractivity contribution in [3.63, 3.8) is 0 Å². The van der Waals surface area contributed by atoms with Crippen LogP contribution in [-0.4, -0.2) is 28.6 Å². The molecule has 4 rings (SSSR count). The van der Waals surface area contributed by atoms with Gasteiger partial charge in [0.15, 0.2) is 5.78 Å². The zero-order valence-corrected chi connectivity index (χ0v) is 18.0. The first-order valence-corrected chi connectivity index (χ1v) is 10.5. The molecule has 6 nitrogen and oxygen atoms in total. The highest BCUT2D eigenvalue weighted by Gasteiger charge is 2.37. The van der Waals surface area contributed by atoms with Crippen LogP contribution >= 0.6 is 0 Å². The number of esters is 1. The van der Waals surface area contributed by atoms with E-state index in [1.54, 1.807) is 6.20 Å². The van der Waals surface area contributed by atoms with E-state index in [0.717, 1.165) is 17.5 Å². The number of anilines is 1. The van der Waals surface area contributed by atoms with Crippen molar-refractivity contribution in [1.82, 2.24) is 9.78 Å². The normalized spacial score (nSPS) is 17.8. The summed E-state index contributed by atoms with van der Waals surface area (Å²) in [5.74, 6) is -0.517. The zero-order chi connectivity index (χ0) is 22.0. The third-order valence-corrected chi connectivity index (χ3v) is 5.94. The lowest BCUT2D eigenvalue weighted by Gasteiger charge is -2.38. The highest BCUT2D eigenvalue weighted by Crippen LogP contribution is 2.40. The summed E-state index contributed by atoms with van der Waals surface area (Å²) in [4.78, 5) is 25.8. The summed E-state index contributed by atoms with van der Waals surface area (Å²) in [5.41, 5.74) is 2.16. The molecule has 160 valence electrons. The van der Waals surface area contributed by atoms with Crippen molar-refractivity contribution in [3.8, 4) is 0 Å². The molecule has 3 aromatic rings. The van der Waals surface area contributed by atoms with Gasteiger partial charge in [-0.05, 0) is 31.4 Å². The fraction of sp³-hybridized carbons (Fsp3) is 0.320. The van der Waals surface area contributed by atoms with Crippen molar-refractivity contribution in [2.75, 3.05) is 12.4 Å². The van der Waals surface area contributed by atoms with E-state index in [9.17, 15) is 9.59 Å². The molecular weight excluding hydrogens is 390 g/mol. The molecule has 6 heteroatoms. The van der Waals surface area contributed by atoms with Crippen molar-refractivity contribution in [2.45, 2.75) is 44.2 Å². The van der Waals surface area contributed by atoms with Crippen LogP contribution in [0.1, 0.15) is 60.1 Å². The second-order valence-corrected chi connectivity index (χ2v) is 8.56. The van der Waals surface area contributed by atoms with Gasteiger partial charge in [0.1, 0.15) is 5.82 Å². The lowest BCUT2D eigenvalue weighted by molar-refractivity contribution is -0.142. The first-order chi connectivity index (χ1) is 14.9. The first-order valence-electron chi connectivity index (χ1n) is 10.5. The summed E-state index contributed by atoms with van der Waals surface area (Å²) in [6.07, 6.45) is 2.47. The average molecular weight is 418 g/mol. The average Bonchev–Trinajstić information content (AvgIpc) is 3.23. The Hall–Kier alpha value is -3.41. The maximum Gasteiger partial charge on any atom is 0.313 e. The Morgan fingerprint density at radius 3 is 2.42 bits per heavy atom. The molecule has 0 fully saturated rings. The smallest absolute Gasteiger partial charge is 0.313 e. The number of nitrogens with one attached hydrogen (secondary N) is 1. The second kappa shape index (κ2) is 8.38. The number of ether oxygens (including phenoxy) is 1. The van der Waals surface area contributed by atoms with Gasteiger partial charge in [0.2, 0.25) is 0 Å². The van der Waals surface area contributed by atoms with Crippen LogP contribution in [0.25, 0.3) is 0 Å². The van der Waals surface area contributed by atoms with E-state index in [2.05, 4.69) is 36.4 Å². The molecule has 1 aliphatic heterocycles. The second-order valence-electron chi connectivity index (χ2n) is 8.56. The van der Waals surface area contributed by atoms with Crippen molar-refractivity contribution >= 4 is 17.6 Å². The molecule has 1 aromatic heterocycles. The van der Waals surface area contributed by atoms with Gasteiger partial charge in [0.25, 0.3) is 0 Å². The Kier molecular flexibility index (Phi) is 5.63. The number of hydrogen-bond donors (Lipinski definition) is 1. The van der Waals surface area contributed by atoms with Gasteiger partial charge in [-0.25, -0.2) is 4.68 Å². The number of nitrogens with zero attached hydrogens (tertiary/aromatic N) is 2. The summed E-state index contributed by atoms with van der Waals surface area (Å²) in [7, 11) is 1.35. The molecule has 0 saturated carbocycles. The molecule has 2 heterocycles. The number of methoxy groups -OCH3 is 1. The quantitative estimate of drug-likeness (QED) is 0.465. The molecule has 1 aliphatic rings. The molecule has 2 atom stereocenters. The molecule has 0 bridgehead atoms. The minimum atomic E-state index is -0.657. The molecule has 0 radical (unpaired) electrons. The molecule has 1 unspecified atom stereocenters. The van der Waals surface area contributed by atoms with Crippen molar-refractivity contribution in [1.29, 1.82) is 0 Å². The minimum absolute atomic E-state index is 0.0213. The summed E-state index contributed by atoms with van der Waals surface area (Å²) < 4.78 is 6.86. The molecule has 0 spiro atoms. The number of fused-ring (bicyclic) bond motifs is 1. The van der Waals surface area contributed by atoms with Gasteiger partial charge in [-0.1, -0.05) is 60.7 Å². The zero-order valence-electron chi connectivity index (χ0n) is 18.0. The van der Waals surface area contributed by atoms with Gasteiger partial charge in [0.05, 0.1) is 36.4 Å². The Labute approximate surface area is 182 Å². The fourth-order valence-corrected chi connectivity index (χ4v) is 4.30. The van der Waals surface area contributed by atoms with Crippen LogP contribution in [0.5, 0.6) is 0 Å². The summed E-state index contributed by atoms with van der Waals surface area (Å²) in [6, 6.07) is 19.5. The van der Waals surface area contributed by atoms with E-state index in [4.69, 9.17) is 4.74 Å². The summed E-state index contributed by atoms with van der Waals surface area (Å²) in [6.45, 7) is 4.24. The predicted octanol–water partition coefficient (Wildman–Crippen LogP) is 4.70. The lowest BCUT2D eigenvalue weighted by Crippen LogP contribution is -2.38. The molecular formula is C25H27N3O3. The standard InChI is InChI=1S/C25H27N3O3/c1-25(2)15-21(18-12-8-5-9-13-18)27-23-20(16-26-28(23)25)22(29)14-19(24(30)31-3)17-10-6-4-7-11-17/h4-13,16,19,21,27H,14-15H2,1-3H3/t19-,21?/m0/s1. The molecule has 1 N–H and O–H groups in total. The number of carbonyl (C=O) groups excluding carboxylic acids is 2. The van der Waals surface area contributed by atoms with E-state index >= 15 is 0 Å². The monoisotopic (exact) mass is 417 g/mol. The largest absolute Gasteiger partial charge is 0.469 e. The van der Waals surface area contributed by atoms with Crippen LogP contribution in [0.2, 0.25) is 0 Å². The van der Waals surface area contributed by atoms with E-state index in [-0.39, 0.29) is 23.8 Å². The molecule has 0 aliphatic carbocycles. The Balaban J connectivity index is 1.65. The van der Waals surface area contributed by atoms with Crippen LogP contribution in [0.4, 0.5) is 5.82 Å². The SMILES string of the molecule is COC(=O)[C@@H](CC(=O)c1cnn2c1NC(c1ccccc1)CC2(C)C)c1ccccc1. The number of carbonyl (C=O) groups is 2. The first kappa shape index (κ1) is 20.8. The van der Waals surface area contributed by atoms with Crippen molar-refractivity contribution in [2.24, 2.45) is 0 Å². The van der Waals surface area contributed by atoms with Crippen LogP contribution in [0, 0.1) is 0 Å². The Bertz CT molecular complexity index is 1070. The van der Waals surface area contributed by atoms with E-state index in [1.807, 2.05) is 53.2 Å². The molecule has 2 aromatic carbocycles. The molecule has 31 heavy (non-hydrogen) atoms. The van der Waals surface area contributed by atoms with Gasteiger partial charge in [0, 0.05) is 6.42 Å². The Morgan fingerprint density at radius 2 is 1.77 bits per heavy atom. The van der Waals surface area contributed by atoms with Gasteiger partial charge in [-0.2, -0.15) is 5.10 Å². The molecule has 0 saturated heterocycles. The number of ketones is 1. The number of aromatic nitrogens is 2. The third kappa shape index (κ3) is 4.10. The Morgan fingerprint density at radius 1 is 1.13 bits per heavy atom. The predicted molar refractivity (Wildman–Crippen MR) is 119 cm³/mol. The van der Waals surface area contributed by atoms with E-state index < -0.39 is 11.9 Å². The lowest BCUT2D eigenvalue weighted by atomic mass is 9.88. The van der Waals surface area contributed by atoms with Crippen molar-refractivity contribution in [3.05, 3.63) is 83.6 Å². The minimum Gasteiger partial charge on any atom is -0.469 e. The van der Waals surface area contributed by atoms with Gasteiger partial charge in [-0.15, -0.1) is 0 Å².